The van der Waals surface area contributed by atoms with E-state index in [1.54, 1.807) is 6.92 Å². The normalized spacial score (nSPS) is 22.2. The predicted molar refractivity (Wildman–Crippen MR) is 69.1 cm³/mol. The first-order chi connectivity index (χ1) is 8.00. The quantitative estimate of drug-likeness (QED) is 0.816. The Morgan fingerprint density at radius 3 is 2.82 bits per heavy atom. The Kier molecular flexibility index (Phi) is 5.82. The number of piperidine rings is 1. The highest BCUT2D eigenvalue weighted by molar-refractivity contribution is 7.99. The molecule has 2 unspecified atom stereocenters. The van der Waals surface area contributed by atoms with Gasteiger partial charge in [-0.05, 0) is 18.8 Å². The molecule has 1 aliphatic heterocycles. The number of carbonyl (C=O) groups is 2. The van der Waals surface area contributed by atoms with Crippen molar-refractivity contribution in [3.05, 3.63) is 0 Å². The van der Waals surface area contributed by atoms with Gasteiger partial charge in [-0.2, -0.15) is 11.8 Å². The summed E-state index contributed by atoms with van der Waals surface area (Å²) in [6.45, 7) is 5.55. The van der Waals surface area contributed by atoms with Crippen LogP contribution >= 0.6 is 11.8 Å². The first-order valence-corrected chi connectivity index (χ1v) is 7.24. The smallest absolute Gasteiger partial charge is 0.307 e. The molecule has 98 valence electrons. The number of likely N-dealkylation sites (tertiary alicyclic amines) is 1. The molecular formula is C12H21NO3S. The summed E-state index contributed by atoms with van der Waals surface area (Å²) in [7, 11) is 0. The third kappa shape index (κ3) is 4.98. The van der Waals surface area contributed by atoms with Crippen LogP contribution in [-0.2, 0) is 9.59 Å². The van der Waals surface area contributed by atoms with Crippen molar-refractivity contribution in [2.45, 2.75) is 26.7 Å². The maximum absolute atomic E-state index is 11.9. The molecule has 4 nitrogen and oxygen atoms in total. The molecule has 0 aromatic carbocycles. The van der Waals surface area contributed by atoms with Gasteiger partial charge in [0.25, 0.3) is 0 Å². The van der Waals surface area contributed by atoms with E-state index in [2.05, 4.69) is 6.92 Å². The molecule has 1 heterocycles. The van der Waals surface area contributed by atoms with Gasteiger partial charge in [0.2, 0.25) is 5.91 Å². The van der Waals surface area contributed by atoms with E-state index in [1.807, 2.05) is 4.90 Å². The predicted octanol–water partition coefficient (Wildman–Crippen LogP) is 1.70. The van der Waals surface area contributed by atoms with Crippen LogP contribution in [0.4, 0.5) is 0 Å². The Morgan fingerprint density at radius 1 is 1.53 bits per heavy atom. The van der Waals surface area contributed by atoms with Crippen LogP contribution in [0.25, 0.3) is 0 Å². The molecule has 2 atom stereocenters. The van der Waals surface area contributed by atoms with E-state index in [1.165, 1.54) is 18.2 Å². The van der Waals surface area contributed by atoms with Crippen molar-refractivity contribution in [1.82, 2.24) is 4.90 Å². The zero-order valence-corrected chi connectivity index (χ0v) is 11.3. The number of hydrogen-bond donors (Lipinski definition) is 1. The number of aliphatic carboxylic acids is 1. The summed E-state index contributed by atoms with van der Waals surface area (Å²) >= 11 is 1.42. The van der Waals surface area contributed by atoms with Gasteiger partial charge in [0.15, 0.2) is 0 Å². The van der Waals surface area contributed by atoms with Gasteiger partial charge in [0.05, 0.1) is 11.7 Å². The molecule has 0 aromatic heterocycles. The van der Waals surface area contributed by atoms with Crippen LogP contribution in [0.3, 0.4) is 0 Å². The van der Waals surface area contributed by atoms with Crippen LogP contribution in [-0.4, -0.2) is 46.5 Å². The second-order valence-corrected chi connectivity index (χ2v) is 5.87. The number of rotatable bonds is 5. The highest BCUT2D eigenvalue weighted by Crippen LogP contribution is 2.17. The fourth-order valence-corrected chi connectivity index (χ4v) is 2.87. The van der Waals surface area contributed by atoms with E-state index in [0.29, 0.717) is 17.4 Å². The summed E-state index contributed by atoms with van der Waals surface area (Å²) in [6, 6.07) is 0. The molecule has 1 aliphatic rings. The van der Waals surface area contributed by atoms with Crippen molar-refractivity contribution in [3.8, 4) is 0 Å². The van der Waals surface area contributed by atoms with E-state index >= 15 is 0 Å². The van der Waals surface area contributed by atoms with Crippen molar-refractivity contribution >= 4 is 23.6 Å². The molecule has 5 heteroatoms. The maximum atomic E-state index is 11.9. The Bertz CT molecular complexity index is 283. The van der Waals surface area contributed by atoms with E-state index in [9.17, 15) is 9.59 Å². The molecule has 0 aromatic rings. The topological polar surface area (TPSA) is 57.6 Å². The number of nitrogens with zero attached hydrogens (tertiary/aromatic N) is 1. The van der Waals surface area contributed by atoms with Gasteiger partial charge in [-0.15, -0.1) is 0 Å². The Balaban J connectivity index is 2.22. The fraction of sp³-hybridized carbons (Fsp3) is 0.833. The molecule has 17 heavy (non-hydrogen) atoms. The molecule has 1 rings (SSSR count). The van der Waals surface area contributed by atoms with Crippen molar-refractivity contribution in [1.29, 1.82) is 0 Å². The van der Waals surface area contributed by atoms with Gasteiger partial charge in [-0.25, -0.2) is 0 Å². The average Bonchev–Trinajstić information content (AvgIpc) is 2.28. The molecule has 1 saturated heterocycles. The van der Waals surface area contributed by atoms with Crippen molar-refractivity contribution < 1.29 is 14.7 Å². The maximum Gasteiger partial charge on any atom is 0.307 e. The average molecular weight is 259 g/mol. The Morgan fingerprint density at radius 2 is 2.24 bits per heavy atom. The van der Waals surface area contributed by atoms with E-state index in [4.69, 9.17) is 5.11 Å². The molecule has 0 bridgehead atoms. The summed E-state index contributed by atoms with van der Waals surface area (Å²) in [5, 5.41) is 8.72. The largest absolute Gasteiger partial charge is 0.481 e. The zero-order valence-electron chi connectivity index (χ0n) is 10.5. The van der Waals surface area contributed by atoms with Crippen molar-refractivity contribution in [2.24, 2.45) is 11.8 Å². The molecule has 0 spiro atoms. The molecular weight excluding hydrogens is 238 g/mol. The van der Waals surface area contributed by atoms with Crippen LogP contribution in [0, 0.1) is 11.8 Å². The minimum Gasteiger partial charge on any atom is -0.481 e. The standard InChI is InChI=1S/C12H21NO3S/c1-9-4-3-5-13(6-9)11(14)8-17-7-10(2)12(15)16/h9-10H,3-8H2,1-2H3,(H,15,16). The van der Waals surface area contributed by atoms with Crippen molar-refractivity contribution in [3.63, 3.8) is 0 Å². The van der Waals surface area contributed by atoms with E-state index < -0.39 is 5.97 Å². The Labute approximate surface area is 107 Å². The molecule has 1 N–H and O–H groups in total. The minimum atomic E-state index is -0.795. The molecule has 1 amide bonds. The molecule has 1 fully saturated rings. The zero-order chi connectivity index (χ0) is 12.8. The lowest BCUT2D eigenvalue weighted by atomic mass is 10.0. The fourth-order valence-electron chi connectivity index (χ4n) is 1.90. The number of thioether (sulfide) groups is 1. The third-order valence-electron chi connectivity index (χ3n) is 3.02. The Hall–Kier alpha value is -0.710. The third-order valence-corrected chi connectivity index (χ3v) is 4.21. The molecule has 0 aliphatic carbocycles. The van der Waals surface area contributed by atoms with Gasteiger partial charge in [0, 0.05) is 18.8 Å². The van der Waals surface area contributed by atoms with E-state index in [-0.39, 0.29) is 11.8 Å². The number of carboxylic acids is 1. The molecule has 0 saturated carbocycles. The van der Waals surface area contributed by atoms with Crippen LogP contribution in [0.15, 0.2) is 0 Å². The summed E-state index contributed by atoms with van der Waals surface area (Å²) in [4.78, 5) is 24.4. The summed E-state index contributed by atoms with van der Waals surface area (Å²) in [5.41, 5.74) is 0. The van der Waals surface area contributed by atoms with E-state index in [0.717, 1.165) is 19.5 Å². The van der Waals surface area contributed by atoms with Crippen LogP contribution in [0.1, 0.15) is 26.7 Å². The second-order valence-electron chi connectivity index (χ2n) is 4.84. The van der Waals surface area contributed by atoms with Gasteiger partial charge >= 0.3 is 5.97 Å². The highest BCUT2D eigenvalue weighted by atomic mass is 32.2. The van der Waals surface area contributed by atoms with Crippen molar-refractivity contribution in [2.75, 3.05) is 24.6 Å². The van der Waals surface area contributed by atoms with Crippen LogP contribution in [0.2, 0.25) is 0 Å². The van der Waals surface area contributed by atoms with Gasteiger partial charge < -0.3 is 10.0 Å². The van der Waals surface area contributed by atoms with Crippen LogP contribution in [0.5, 0.6) is 0 Å². The number of carboxylic acid groups (broad SMARTS) is 1. The van der Waals surface area contributed by atoms with Gasteiger partial charge in [-0.1, -0.05) is 13.8 Å². The summed E-state index contributed by atoms with van der Waals surface area (Å²) < 4.78 is 0. The van der Waals surface area contributed by atoms with Gasteiger partial charge in [-0.3, -0.25) is 9.59 Å². The first kappa shape index (κ1) is 14.4. The minimum absolute atomic E-state index is 0.152. The lowest BCUT2D eigenvalue weighted by Crippen LogP contribution is -2.40. The molecule has 0 radical (unpaired) electrons. The van der Waals surface area contributed by atoms with Gasteiger partial charge in [0.1, 0.15) is 0 Å². The van der Waals surface area contributed by atoms with Crippen LogP contribution < -0.4 is 0 Å². The summed E-state index contributed by atoms with van der Waals surface area (Å²) in [5.74, 6) is 0.480. The highest BCUT2D eigenvalue weighted by Gasteiger charge is 2.21. The summed E-state index contributed by atoms with van der Waals surface area (Å²) in [6.07, 6.45) is 2.29. The lowest BCUT2D eigenvalue weighted by Gasteiger charge is -2.30. The first-order valence-electron chi connectivity index (χ1n) is 6.09. The lowest BCUT2D eigenvalue weighted by molar-refractivity contribution is -0.140. The number of hydrogen-bond acceptors (Lipinski definition) is 3. The number of carbonyl (C=O) groups excluding carboxylic acids is 1. The monoisotopic (exact) mass is 259 g/mol. The SMILES string of the molecule is CC1CCCN(C(=O)CSCC(C)C(=O)O)C1. The second kappa shape index (κ2) is 6.89. The number of amides is 1.